The Hall–Kier alpha value is -2.25. The van der Waals surface area contributed by atoms with Crippen molar-refractivity contribution in [3.05, 3.63) is 35.5 Å². The molecule has 1 aromatic carbocycles. The summed E-state index contributed by atoms with van der Waals surface area (Å²) in [7, 11) is 0. The molecule has 4 rings (SSSR count). The van der Waals surface area contributed by atoms with Gasteiger partial charge >= 0.3 is 6.18 Å². The smallest absolute Gasteiger partial charge is 0.416 e. The number of fused-ring (bicyclic) bond motifs is 1. The van der Waals surface area contributed by atoms with E-state index in [-0.39, 0.29) is 6.54 Å². The first-order valence-corrected chi connectivity index (χ1v) is 7.42. The summed E-state index contributed by atoms with van der Waals surface area (Å²) in [6.07, 6.45) is -2.26. The summed E-state index contributed by atoms with van der Waals surface area (Å²) < 4.78 is 49.4. The van der Waals surface area contributed by atoms with E-state index in [1.807, 2.05) is 0 Å². The van der Waals surface area contributed by atoms with E-state index in [2.05, 4.69) is 10.1 Å². The van der Waals surface area contributed by atoms with Crippen molar-refractivity contribution in [1.82, 2.24) is 10.1 Å². The molecule has 2 heterocycles. The molecule has 0 atom stereocenters. The first-order valence-electron chi connectivity index (χ1n) is 7.42. The predicted octanol–water partition coefficient (Wildman–Crippen LogP) is 3.36. The van der Waals surface area contributed by atoms with Gasteiger partial charge in [0.25, 0.3) is 0 Å². The van der Waals surface area contributed by atoms with Crippen molar-refractivity contribution in [3.63, 3.8) is 0 Å². The van der Waals surface area contributed by atoms with Gasteiger partial charge in [0.05, 0.1) is 24.3 Å². The van der Waals surface area contributed by atoms with Crippen molar-refractivity contribution in [1.29, 1.82) is 0 Å². The Balaban J connectivity index is 1.60. The Bertz CT molecular complexity index is 725. The van der Waals surface area contributed by atoms with E-state index >= 15 is 0 Å². The van der Waals surface area contributed by atoms with Crippen molar-refractivity contribution in [3.8, 4) is 5.75 Å². The zero-order chi connectivity index (χ0) is 16.0. The van der Waals surface area contributed by atoms with Gasteiger partial charge in [0.1, 0.15) is 12.4 Å². The molecule has 0 saturated heterocycles. The number of aromatic nitrogens is 2. The molecule has 0 radical (unpaired) electrons. The Kier molecular flexibility index (Phi) is 3.21. The van der Waals surface area contributed by atoms with E-state index in [0.717, 1.165) is 25.0 Å². The molecule has 8 heteroatoms. The SMILES string of the molecule is FC(F)(F)c1ccc2c(c1)N(Cc1nc(C3CC3)no1)CCO2. The fourth-order valence-corrected chi connectivity index (χ4v) is 2.62. The standard InChI is InChI=1S/C15H14F3N3O2/c16-15(17,18)10-3-4-12-11(7-10)21(5-6-22-12)8-13-19-14(20-23-13)9-1-2-9/h3-4,7,9H,1-2,5-6,8H2. The molecule has 0 bridgehead atoms. The molecule has 122 valence electrons. The van der Waals surface area contributed by atoms with Gasteiger partial charge in [-0.25, -0.2) is 0 Å². The van der Waals surface area contributed by atoms with E-state index < -0.39 is 11.7 Å². The van der Waals surface area contributed by atoms with Crippen molar-refractivity contribution in [2.24, 2.45) is 0 Å². The van der Waals surface area contributed by atoms with E-state index in [4.69, 9.17) is 9.26 Å². The summed E-state index contributed by atoms with van der Waals surface area (Å²) in [4.78, 5) is 6.10. The van der Waals surface area contributed by atoms with Gasteiger partial charge in [-0.3, -0.25) is 0 Å². The molecule has 1 fully saturated rings. The fraction of sp³-hybridized carbons (Fsp3) is 0.467. The Morgan fingerprint density at radius 1 is 1.26 bits per heavy atom. The van der Waals surface area contributed by atoms with Gasteiger partial charge in [-0.2, -0.15) is 18.2 Å². The second kappa shape index (κ2) is 5.14. The van der Waals surface area contributed by atoms with E-state index in [0.29, 0.717) is 42.2 Å². The Labute approximate surface area is 130 Å². The third kappa shape index (κ3) is 2.85. The zero-order valence-electron chi connectivity index (χ0n) is 12.1. The number of hydrogen-bond donors (Lipinski definition) is 0. The largest absolute Gasteiger partial charge is 0.490 e. The lowest BCUT2D eigenvalue weighted by Gasteiger charge is -2.30. The van der Waals surface area contributed by atoms with E-state index in [1.165, 1.54) is 6.07 Å². The Morgan fingerprint density at radius 3 is 2.83 bits per heavy atom. The number of nitrogens with zero attached hydrogens (tertiary/aromatic N) is 3. The number of alkyl halides is 3. The highest BCUT2D eigenvalue weighted by molar-refractivity contribution is 5.61. The molecule has 2 aliphatic rings. The van der Waals surface area contributed by atoms with Gasteiger partial charge in [0, 0.05) is 5.92 Å². The number of rotatable bonds is 3. The van der Waals surface area contributed by atoms with Crippen LogP contribution in [0.1, 0.15) is 36.0 Å². The minimum atomic E-state index is -4.39. The molecule has 5 nitrogen and oxygen atoms in total. The van der Waals surface area contributed by atoms with Crippen molar-refractivity contribution in [2.45, 2.75) is 31.5 Å². The maximum atomic E-state index is 12.9. The molecule has 0 amide bonds. The average molecular weight is 325 g/mol. The number of anilines is 1. The first-order chi connectivity index (χ1) is 11.0. The summed E-state index contributed by atoms with van der Waals surface area (Å²) >= 11 is 0. The summed E-state index contributed by atoms with van der Waals surface area (Å²) in [6, 6.07) is 3.49. The summed E-state index contributed by atoms with van der Waals surface area (Å²) in [5.74, 6) is 1.92. The van der Waals surface area contributed by atoms with Crippen LogP contribution in [-0.4, -0.2) is 23.3 Å². The summed E-state index contributed by atoms with van der Waals surface area (Å²) in [5.41, 5.74) is -0.298. The maximum Gasteiger partial charge on any atom is 0.416 e. The second-order valence-corrected chi connectivity index (χ2v) is 5.77. The third-order valence-electron chi connectivity index (χ3n) is 4.00. The number of ether oxygens (including phenoxy) is 1. The highest BCUT2D eigenvalue weighted by Crippen LogP contribution is 2.40. The van der Waals surface area contributed by atoms with Crippen molar-refractivity contribution in [2.75, 3.05) is 18.1 Å². The van der Waals surface area contributed by atoms with Crippen LogP contribution in [0.3, 0.4) is 0 Å². The van der Waals surface area contributed by atoms with Crippen LogP contribution in [0.25, 0.3) is 0 Å². The summed E-state index contributed by atoms with van der Waals surface area (Å²) in [6.45, 7) is 1.15. The normalized spacial score (nSPS) is 17.8. The molecule has 0 unspecified atom stereocenters. The molecule has 1 saturated carbocycles. The second-order valence-electron chi connectivity index (χ2n) is 5.77. The summed E-state index contributed by atoms with van der Waals surface area (Å²) in [5, 5.41) is 3.93. The van der Waals surface area contributed by atoms with Gasteiger partial charge in [0.2, 0.25) is 5.89 Å². The van der Waals surface area contributed by atoms with Crippen LogP contribution in [0.5, 0.6) is 5.75 Å². The number of hydrogen-bond acceptors (Lipinski definition) is 5. The lowest BCUT2D eigenvalue weighted by Crippen LogP contribution is -2.32. The van der Waals surface area contributed by atoms with Crippen LogP contribution in [0, 0.1) is 0 Å². The zero-order valence-corrected chi connectivity index (χ0v) is 12.1. The average Bonchev–Trinajstić information content (AvgIpc) is 3.26. The van der Waals surface area contributed by atoms with E-state index in [9.17, 15) is 13.2 Å². The predicted molar refractivity (Wildman–Crippen MR) is 74.3 cm³/mol. The van der Waals surface area contributed by atoms with Crippen LogP contribution in [0.2, 0.25) is 0 Å². The van der Waals surface area contributed by atoms with Gasteiger partial charge in [-0.1, -0.05) is 5.16 Å². The minimum absolute atomic E-state index is 0.275. The van der Waals surface area contributed by atoms with Crippen LogP contribution >= 0.6 is 0 Å². The lowest BCUT2D eigenvalue weighted by atomic mass is 10.1. The molecule has 23 heavy (non-hydrogen) atoms. The molecule has 2 aromatic rings. The van der Waals surface area contributed by atoms with Crippen molar-refractivity contribution < 1.29 is 22.4 Å². The lowest BCUT2D eigenvalue weighted by molar-refractivity contribution is -0.137. The highest BCUT2D eigenvalue weighted by Gasteiger charge is 2.33. The number of benzene rings is 1. The van der Waals surface area contributed by atoms with Crippen LogP contribution in [-0.2, 0) is 12.7 Å². The first kappa shape index (κ1) is 14.3. The van der Waals surface area contributed by atoms with Crippen molar-refractivity contribution >= 4 is 5.69 Å². The van der Waals surface area contributed by atoms with E-state index in [1.54, 1.807) is 4.90 Å². The molecule has 1 aromatic heterocycles. The quantitative estimate of drug-likeness (QED) is 0.866. The molecular formula is C15H14F3N3O2. The topological polar surface area (TPSA) is 51.4 Å². The molecule has 0 spiro atoms. The van der Waals surface area contributed by atoms with Crippen LogP contribution < -0.4 is 9.64 Å². The van der Waals surface area contributed by atoms with Gasteiger partial charge in [-0.05, 0) is 31.0 Å². The molecular weight excluding hydrogens is 311 g/mol. The van der Waals surface area contributed by atoms with Gasteiger partial charge in [0.15, 0.2) is 5.82 Å². The number of halogens is 3. The van der Waals surface area contributed by atoms with Crippen LogP contribution in [0.15, 0.2) is 22.7 Å². The molecule has 1 aliphatic heterocycles. The minimum Gasteiger partial charge on any atom is -0.490 e. The molecule has 0 N–H and O–H groups in total. The Morgan fingerprint density at radius 2 is 2.09 bits per heavy atom. The van der Waals surface area contributed by atoms with Gasteiger partial charge < -0.3 is 14.2 Å². The maximum absolute atomic E-state index is 12.9. The third-order valence-corrected chi connectivity index (χ3v) is 4.00. The monoisotopic (exact) mass is 325 g/mol. The molecule has 1 aliphatic carbocycles. The fourth-order valence-electron chi connectivity index (χ4n) is 2.62. The van der Waals surface area contributed by atoms with Crippen LogP contribution in [0.4, 0.5) is 18.9 Å². The highest BCUT2D eigenvalue weighted by atomic mass is 19.4. The van der Waals surface area contributed by atoms with Gasteiger partial charge in [-0.15, -0.1) is 0 Å².